The van der Waals surface area contributed by atoms with Gasteiger partial charge in [0.1, 0.15) is 12.7 Å². The Morgan fingerprint density at radius 2 is 2.58 bits per heavy atom. The van der Waals surface area contributed by atoms with E-state index in [2.05, 4.69) is 17.1 Å². The van der Waals surface area contributed by atoms with Gasteiger partial charge in [0.25, 0.3) is 5.88 Å². The van der Waals surface area contributed by atoms with E-state index < -0.39 is 0 Å². The molecular weight excluding hydrogens is 156 g/mol. The molecule has 0 saturated carbocycles. The molecule has 0 saturated heterocycles. The van der Waals surface area contributed by atoms with Crippen LogP contribution in [0.15, 0.2) is 12.3 Å². The van der Waals surface area contributed by atoms with Crippen LogP contribution in [0.25, 0.3) is 0 Å². The molecule has 0 N–H and O–H groups in total. The fourth-order valence-electron chi connectivity index (χ4n) is 1.07. The smallest absolute Gasteiger partial charge is 0.276 e. The van der Waals surface area contributed by atoms with Crippen molar-refractivity contribution >= 4 is 0 Å². The van der Waals surface area contributed by atoms with E-state index in [1.165, 1.54) is 0 Å². The number of fused-ring (bicyclic) bond motifs is 1. The highest BCUT2D eigenvalue weighted by molar-refractivity contribution is 5.32. The molecule has 1 aromatic heterocycles. The van der Waals surface area contributed by atoms with Crippen LogP contribution < -0.4 is 9.47 Å². The molecule has 2 rings (SSSR count). The van der Waals surface area contributed by atoms with E-state index in [9.17, 15) is 0 Å². The Hall–Kier alpha value is -1.32. The van der Waals surface area contributed by atoms with Gasteiger partial charge < -0.3 is 9.47 Å². The quantitative estimate of drug-likeness (QED) is 0.625. The summed E-state index contributed by atoms with van der Waals surface area (Å²) in [4.78, 5) is 0. The highest BCUT2D eigenvalue weighted by Crippen LogP contribution is 2.27. The van der Waals surface area contributed by atoms with E-state index >= 15 is 0 Å². The number of hydrogen-bond donors (Lipinski definition) is 0. The molecule has 1 aromatic rings. The van der Waals surface area contributed by atoms with E-state index in [-0.39, 0.29) is 6.10 Å². The van der Waals surface area contributed by atoms with Crippen molar-refractivity contribution in [2.75, 3.05) is 6.61 Å². The maximum atomic E-state index is 5.48. The Kier molecular flexibility index (Phi) is 1.81. The van der Waals surface area contributed by atoms with Gasteiger partial charge in [-0.25, -0.2) is 0 Å². The Labute approximate surface area is 70.5 Å². The van der Waals surface area contributed by atoms with Gasteiger partial charge in [0.2, 0.25) is 0 Å². The first kappa shape index (κ1) is 7.34. The van der Waals surface area contributed by atoms with Crippen LogP contribution in [0.1, 0.15) is 13.3 Å². The Morgan fingerprint density at radius 1 is 1.67 bits per heavy atom. The van der Waals surface area contributed by atoms with Crippen LogP contribution >= 0.6 is 0 Å². The third-order valence-corrected chi connectivity index (χ3v) is 1.81. The van der Waals surface area contributed by atoms with E-state index in [1.54, 1.807) is 12.3 Å². The zero-order valence-corrected chi connectivity index (χ0v) is 6.86. The van der Waals surface area contributed by atoms with Gasteiger partial charge in [0, 0.05) is 6.07 Å². The second-order valence-electron chi connectivity index (χ2n) is 2.66. The summed E-state index contributed by atoms with van der Waals surface area (Å²) < 4.78 is 10.9. The van der Waals surface area contributed by atoms with Crippen molar-refractivity contribution in [2.24, 2.45) is 0 Å². The third kappa shape index (κ3) is 1.20. The number of aromatic nitrogens is 2. The summed E-state index contributed by atoms with van der Waals surface area (Å²) in [5.74, 6) is 1.20. The van der Waals surface area contributed by atoms with Crippen LogP contribution in [0.5, 0.6) is 11.6 Å². The lowest BCUT2D eigenvalue weighted by atomic mass is 10.3. The second-order valence-corrected chi connectivity index (χ2v) is 2.66. The van der Waals surface area contributed by atoms with Crippen LogP contribution in [-0.4, -0.2) is 22.9 Å². The molecule has 0 aromatic carbocycles. The maximum Gasteiger partial charge on any atom is 0.276 e. The maximum absolute atomic E-state index is 5.48. The van der Waals surface area contributed by atoms with Gasteiger partial charge in [-0.15, -0.1) is 5.10 Å². The third-order valence-electron chi connectivity index (χ3n) is 1.81. The Balaban J connectivity index is 2.23. The molecule has 0 unspecified atom stereocenters. The first-order valence-corrected chi connectivity index (χ1v) is 4.01. The highest BCUT2D eigenvalue weighted by atomic mass is 16.6. The highest BCUT2D eigenvalue weighted by Gasteiger charge is 2.20. The van der Waals surface area contributed by atoms with E-state index in [1.807, 2.05) is 0 Å². The lowest BCUT2D eigenvalue weighted by Crippen LogP contribution is -2.28. The summed E-state index contributed by atoms with van der Waals surface area (Å²) in [6, 6.07) is 1.76. The molecule has 1 aliphatic heterocycles. The molecule has 0 aliphatic carbocycles. The molecule has 64 valence electrons. The molecule has 0 amide bonds. The van der Waals surface area contributed by atoms with Crippen molar-refractivity contribution in [3.05, 3.63) is 12.3 Å². The molecule has 12 heavy (non-hydrogen) atoms. The summed E-state index contributed by atoms with van der Waals surface area (Å²) >= 11 is 0. The predicted octanol–water partition coefficient (Wildman–Crippen LogP) is 1.03. The SMILES string of the molecule is CC[C@H]1COc2ccnnc2O1. The average Bonchev–Trinajstić information content (AvgIpc) is 2.17. The normalized spacial score (nSPS) is 20.6. The van der Waals surface area contributed by atoms with Crippen LogP contribution in [0.3, 0.4) is 0 Å². The Bertz CT molecular complexity index is 278. The van der Waals surface area contributed by atoms with Gasteiger partial charge in [0.05, 0.1) is 6.20 Å². The first-order chi connectivity index (χ1) is 5.90. The summed E-state index contributed by atoms with van der Waals surface area (Å²) in [5, 5.41) is 7.53. The molecule has 1 aliphatic rings. The number of nitrogens with zero attached hydrogens (tertiary/aromatic N) is 2. The van der Waals surface area contributed by atoms with E-state index in [0.29, 0.717) is 18.2 Å². The number of rotatable bonds is 1. The first-order valence-electron chi connectivity index (χ1n) is 4.01. The van der Waals surface area contributed by atoms with Crippen LogP contribution in [-0.2, 0) is 0 Å². The molecule has 2 heterocycles. The average molecular weight is 166 g/mol. The molecule has 1 atom stereocenters. The molecule has 0 bridgehead atoms. The lowest BCUT2D eigenvalue weighted by Gasteiger charge is -2.23. The lowest BCUT2D eigenvalue weighted by molar-refractivity contribution is 0.0809. The zero-order valence-electron chi connectivity index (χ0n) is 6.86. The van der Waals surface area contributed by atoms with Crippen molar-refractivity contribution in [1.82, 2.24) is 10.2 Å². The minimum absolute atomic E-state index is 0.120. The van der Waals surface area contributed by atoms with Crippen molar-refractivity contribution in [1.29, 1.82) is 0 Å². The van der Waals surface area contributed by atoms with Crippen molar-refractivity contribution in [3.8, 4) is 11.6 Å². The molecule has 0 radical (unpaired) electrons. The van der Waals surface area contributed by atoms with Crippen LogP contribution in [0.2, 0.25) is 0 Å². The fourth-order valence-corrected chi connectivity index (χ4v) is 1.07. The van der Waals surface area contributed by atoms with Gasteiger partial charge in [-0.1, -0.05) is 6.92 Å². The molecule has 0 spiro atoms. The van der Waals surface area contributed by atoms with Gasteiger partial charge >= 0.3 is 0 Å². The van der Waals surface area contributed by atoms with Gasteiger partial charge in [0.15, 0.2) is 5.75 Å². The monoisotopic (exact) mass is 166 g/mol. The summed E-state index contributed by atoms with van der Waals surface area (Å²) in [6.07, 6.45) is 2.64. The van der Waals surface area contributed by atoms with Crippen molar-refractivity contribution < 1.29 is 9.47 Å². The zero-order chi connectivity index (χ0) is 8.39. The Morgan fingerprint density at radius 3 is 3.42 bits per heavy atom. The molecule has 0 fully saturated rings. The number of ether oxygens (including phenoxy) is 2. The van der Waals surface area contributed by atoms with Crippen molar-refractivity contribution in [2.45, 2.75) is 19.4 Å². The van der Waals surface area contributed by atoms with Crippen LogP contribution in [0, 0.1) is 0 Å². The van der Waals surface area contributed by atoms with Crippen LogP contribution in [0.4, 0.5) is 0 Å². The molecular formula is C8H10N2O2. The van der Waals surface area contributed by atoms with E-state index in [0.717, 1.165) is 6.42 Å². The molecule has 4 heteroatoms. The summed E-state index contributed by atoms with van der Waals surface area (Å²) in [5.41, 5.74) is 0. The minimum atomic E-state index is 0.120. The number of hydrogen-bond acceptors (Lipinski definition) is 4. The van der Waals surface area contributed by atoms with Gasteiger partial charge in [-0.3, -0.25) is 0 Å². The van der Waals surface area contributed by atoms with Gasteiger partial charge in [-0.2, -0.15) is 5.10 Å². The minimum Gasteiger partial charge on any atom is -0.484 e. The van der Waals surface area contributed by atoms with Gasteiger partial charge in [-0.05, 0) is 6.42 Å². The largest absolute Gasteiger partial charge is 0.484 e. The molecule has 4 nitrogen and oxygen atoms in total. The second kappa shape index (κ2) is 2.97. The van der Waals surface area contributed by atoms with Crippen molar-refractivity contribution in [3.63, 3.8) is 0 Å². The van der Waals surface area contributed by atoms with E-state index in [4.69, 9.17) is 9.47 Å². The predicted molar refractivity (Wildman–Crippen MR) is 42.2 cm³/mol. The topological polar surface area (TPSA) is 44.2 Å². The fraction of sp³-hybridized carbons (Fsp3) is 0.500. The summed E-state index contributed by atoms with van der Waals surface area (Å²) in [6.45, 7) is 2.66. The standard InChI is InChI=1S/C8H10N2O2/c1-2-6-5-11-7-3-4-9-10-8(7)12-6/h3-4,6H,2,5H2,1H3/t6-/m0/s1. The summed E-state index contributed by atoms with van der Waals surface area (Å²) in [7, 11) is 0.